The number of ether oxygens (including phenoxy) is 1. The second-order valence-corrected chi connectivity index (χ2v) is 11.3. The van der Waals surface area contributed by atoms with Crippen LogP contribution in [-0.2, 0) is 17.6 Å². The molecule has 4 heterocycles. The van der Waals surface area contributed by atoms with E-state index < -0.39 is 0 Å². The number of fused-ring (bicyclic) bond motifs is 3. The molecule has 3 fully saturated rings. The number of morpholine rings is 1. The molecule has 1 N–H and O–H groups in total. The van der Waals surface area contributed by atoms with E-state index in [-0.39, 0.29) is 5.54 Å². The summed E-state index contributed by atoms with van der Waals surface area (Å²) in [6.07, 6.45) is 8.81. The smallest absolute Gasteiger partial charge is 0.138 e. The summed E-state index contributed by atoms with van der Waals surface area (Å²) in [7, 11) is 0. The number of nitrogens with zero attached hydrogens (tertiary/aromatic N) is 3. The van der Waals surface area contributed by atoms with Crippen LogP contribution in [0.5, 0.6) is 0 Å². The predicted octanol–water partition coefficient (Wildman–Crippen LogP) is 4.07. The van der Waals surface area contributed by atoms with Crippen LogP contribution in [0, 0.1) is 0 Å². The predicted molar refractivity (Wildman–Crippen MR) is 122 cm³/mol. The minimum Gasteiger partial charge on any atom is -0.379 e. The molecule has 0 amide bonds. The van der Waals surface area contributed by atoms with Crippen LogP contribution in [0.2, 0.25) is 0 Å². The highest BCUT2D eigenvalue weighted by atomic mass is 32.2. The largest absolute Gasteiger partial charge is 0.379 e. The molecule has 0 spiro atoms. The lowest BCUT2D eigenvalue weighted by Gasteiger charge is -2.43. The topological polar surface area (TPSA) is 50.3 Å². The highest BCUT2D eigenvalue weighted by Crippen LogP contribution is 2.44. The highest BCUT2D eigenvalue weighted by molar-refractivity contribution is 7.99. The van der Waals surface area contributed by atoms with E-state index in [2.05, 4.69) is 22.0 Å². The molecular weight excluding hydrogens is 400 g/mol. The van der Waals surface area contributed by atoms with Gasteiger partial charge in [0.1, 0.15) is 16.5 Å². The highest BCUT2D eigenvalue weighted by Gasteiger charge is 2.41. The van der Waals surface area contributed by atoms with Gasteiger partial charge < -0.3 is 10.1 Å². The second-order valence-electron chi connectivity index (χ2n) is 9.08. The number of aryl methyl sites for hydroxylation is 2. The van der Waals surface area contributed by atoms with Crippen molar-refractivity contribution in [3.63, 3.8) is 0 Å². The second kappa shape index (κ2) is 7.66. The van der Waals surface area contributed by atoms with Crippen molar-refractivity contribution in [1.82, 2.24) is 14.9 Å². The summed E-state index contributed by atoms with van der Waals surface area (Å²) in [5.74, 6) is 5.28. The SMILES string of the molecule is C1CCc2c(sc3nc(C4CC4)nc(NC[C@@]4(N5CCOCC5)CCSC4)c23)C1. The van der Waals surface area contributed by atoms with Crippen molar-refractivity contribution in [2.24, 2.45) is 0 Å². The first-order chi connectivity index (χ1) is 14.3. The Morgan fingerprint density at radius 2 is 2.00 bits per heavy atom. The molecule has 29 heavy (non-hydrogen) atoms. The lowest BCUT2D eigenvalue weighted by Crippen LogP contribution is -2.57. The molecule has 2 aliphatic heterocycles. The monoisotopic (exact) mass is 430 g/mol. The van der Waals surface area contributed by atoms with Crippen LogP contribution < -0.4 is 5.32 Å². The van der Waals surface area contributed by atoms with Crippen molar-refractivity contribution in [2.45, 2.75) is 56.4 Å². The summed E-state index contributed by atoms with van der Waals surface area (Å²) in [5, 5.41) is 5.23. The van der Waals surface area contributed by atoms with E-state index in [1.165, 1.54) is 66.7 Å². The number of aromatic nitrogens is 2. The van der Waals surface area contributed by atoms with Crippen LogP contribution in [0.4, 0.5) is 5.82 Å². The summed E-state index contributed by atoms with van der Waals surface area (Å²) >= 11 is 4.04. The van der Waals surface area contributed by atoms with Gasteiger partial charge in [-0.25, -0.2) is 9.97 Å². The van der Waals surface area contributed by atoms with Crippen LogP contribution in [0.15, 0.2) is 0 Å². The molecule has 0 unspecified atom stereocenters. The number of thiophene rings is 1. The Hall–Kier alpha value is -0.890. The van der Waals surface area contributed by atoms with Gasteiger partial charge in [0, 0.05) is 41.7 Å². The van der Waals surface area contributed by atoms with Crippen molar-refractivity contribution in [2.75, 3.05) is 49.7 Å². The van der Waals surface area contributed by atoms with Crippen LogP contribution in [0.1, 0.15) is 54.3 Å². The fourth-order valence-corrected chi connectivity index (χ4v) is 7.95. The van der Waals surface area contributed by atoms with Crippen molar-refractivity contribution in [3.05, 3.63) is 16.3 Å². The normalized spacial score (nSPS) is 28.0. The number of rotatable bonds is 5. The molecule has 2 saturated heterocycles. The molecular formula is C22H30N4OS2. The molecule has 0 radical (unpaired) electrons. The Balaban J connectivity index is 1.35. The molecule has 6 rings (SSSR count). The van der Waals surface area contributed by atoms with Gasteiger partial charge in [-0.3, -0.25) is 4.90 Å². The van der Waals surface area contributed by atoms with Gasteiger partial charge in [-0.1, -0.05) is 0 Å². The Kier molecular flexibility index (Phi) is 4.98. The standard InChI is InChI=1S/C22H30N4OS2/c1-2-4-17-16(3-1)18-20(24-19(15-5-6-15)25-21(18)29-17)23-13-22(7-12-28-14-22)26-8-10-27-11-9-26/h15H,1-14H2,(H,23,24,25)/t22-/m0/s1. The molecule has 1 saturated carbocycles. The molecule has 7 heteroatoms. The average molecular weight is 431 g/mol. The van der Waals surface area contributed by atoms with E-state index in [1.807, 2.05) is 11.3 Å². The molecule has 2 aromatic heterocycles. The average Bonchev–Trinajstić information content (AvgIpc) is 3.39. The maximum atomic E-state index is 5.64. The Morgan fingerprint density at radius 3 is 2.79 bits per heavy atom. The molecule has 0 aromatic carbocycles. The number of hydrogen-bond donors (Lipinski definition) is 1. The van der Waals surface area contributed by atoms with Crippen molar-refractivity contribution in [3.8, 4) is 0 Å². The van der Waals surface area contributed by atoms with Gasteiger partial charge in [-0.05, 0) is 56.3 Å². The summed E-state index contributed by atoms with van der Waals surface area (Å²) < 4.78 is 5.64. The fraction of sp³-hybridized carbons (Fsp3) is 0.727. The maximum Gasteiger partial charge on any atom is 0.138 e. The number of anilines is 1. The van der Waals surface area contributed by atoms with E-state index in [9.17, 15) is 0 Å². The van der Waals surface area contributed by atoms with Crippen LogP contribution in [-0.4, -0.2) is 64.8 Å². The molecule has 156 valence electrons. The van der Waals surface area contributed by atoms with Gasteiger partial charge in [-0.15, -0.1) is 11.3 Å². The minimum absolute atomic E-state index is 0.238. The van der Waals surface area contributed by atoms with Gasteiger partial charge in [0.05, 0.1) is 18.6 Å². The first kappa shape index (κ1) is 18.8. The first-order valence-corrected chi connectivity index (χ1v) is 13.3. The van der Waals surface area contributed by atoms with E-state index in [4.69, 9.17) is 14.7 Å². The Morgan fingerprint density at radius 1 is 1.14 bits per heavy atom. The molecule has 2 aliphatic carbocycles. The third-order valence-electron chi connectivity index (χ3n) is 7.12. The lowest BCUT2D eigenvalue weighted by atomic mass is 9.95. The molecule has 5 nitrogen and oxygen atoms in total. The van der Waals surface area contributed by atoms with Crippen molar-refractivity contribution < 1.29 is 4.74 Å². The first-order valence-electron chi connectivity index (χ1n) is 11.3. The van der Waals surface area contributed by atoms with Gasteiger partial charge in [0.2, 0.25) is 0 Å². The zero-order chi connectivity index (χ0) is 19.3. The molecule has 0 bridgehead atoms. The van der Waals surface area contributed by atoms with Crippen molar-refractivity contribution in [1.29, 1.82) is 0 Å². The summed E-state index contributed by atoms with van der Waals surface area (Å²) in [6.45, 7) is 4.84. The van der Waals surface area contributed by atoms with Crippen LogP contribution in [0.25, 0.3) is 10.2 Å². The number of thioether (sulfide) groups is 1. The third kappa shape index (κ3) is 3.48. The van der Waals surface area contributed by atoms with E-state index in [0.717, 1.165) is 44.5 Å². The maximum absolute atomic E-state index is 5.64. The quantitative estimate of drug-likeness (QED) is 0.772. The summed E-state index contributed by atoms with van der Waals surface area (Å²) in [4.78, 5) is 15.6. The van der Waals surface area contributed by atoms with Crippen molar-refractivity contribution >= 4 is 39.1 Å². The molecule has 1 atom stereocenters. The van der Waals surface area contributed by atoms with Gasteiger partial charge in [0.15, 0.2) is 0 Å². The van der Waals surface area contributed by atoms with Gasteiger partial charge >= 0.3 is 0 Å². The summed E-state index contributed by atoms with van der Waals surface area (Å²) in [5.41, 5.74) is 1.78. The summed E-state index contributed by atoms with van der Waals surface area (Å²) in [6, 6.07) is 0. The molecule has 4 aliphatic rings. The molecule has 2 aromatic rings. The lowest BCUT2D eigenvalue weighted by molar-refractivity contribution is -0.00922. The third-order valence-corrected chi connectivity index (χ3v) is 9.54. The van der Waals surface area contributed by atoms with Crippen LogP contribution >= 0.6 is 23.1 Å². The zero-order valence-electron chi connectivity index (χ0n) is 17.0. The minimum atomic E-state index is 0.238. The van der Waals surface area contributed by atoms with E-state index in [1.54, 1.807) is 10.4 Å². The number of nitrogens with one attached hydrogen (secondary N) is 1. The van der Waals surface area contributed by atoms with Gasteiger partial charge in [-0.2, -0.15) is 11.8 Å². The van der Waals surface area contributed by atoms with Crippen LogP contribution in [0.3, 0.4) is 0 Å². The number of hydrogen-bond acceptors (Lipinski definition) is 7. The van der Waals surface area contributed by atoms with Gasteiger partial charge in [0.25, 0.3) is 0 Å². The zero-order valence-corrected chi connectivity index (χ0v) is 18.7. The Labute approximate surface area is 181 Å². The Bertz CT molecular complexity index is 898. The fourth-order valence-electron chi connectivity index (χ4n) is 5.21. The van der Waals surface area contributed by atoms with E-state index >= 15 is 0 Å². The van der Waals surface area contributed by atoms with E-state index in [0.29, 0.717) is 5.92 Å².